The van der Waals surface area contributed by atoms with Gasteiger partial charge in [-0.3, -0.25) is 4.90 Å². The summed E-state index contributed by atoms with van der Waals surface area (Å²) in [4.78, 5) is 1.42. The first kappa shape index (κ1) is 17.9. The van der Waals surface area contributed by atoms with Gasteiger partial charge in [-0.1, -0.05) is 12.1 Å². The fourth-order valence-corrected chi connectivity index (χ4v) is 2.47. The van der Waals surface area contributed by atoms with Gasteiger partial charge in [0.15, 0.2) is 11.5 Å². The smallest absolute Gasteiger partial charge is 0.401 e. The molecule has 2 rings (SSSR count). The number of piperidine rings is 1. The maximum absolute atomic E-state index is 12.4. The summed E-state index contributed by atoms with van der Waals surface area (Å²) >= 11 is 0. The Labute approximate surface area is 128 Å². The van der Waals surface area contributed by atoms with Crippen molar-refractivity contribution in [2.45, 2.75) is 19.0 Å². The molecule has 0 radical (unpaired) electrons. The third-order valence-corrected chi connectivity index (χ3v) is 3.35. The molecule has 0 spiro atoms. The highest BCUT2D eigenvalue weighted by atomic mass is 35.5. The Balaban J connectivity index is 0.00000220. The van der Waals surface area contributed by atoms with Gasteiger partial charge in [0.1, 0.15) is 0 Å². The van der Waals surface area contributed by atoms with Crippen molar-refractivity contribution >= 4 is 12.4 Å². The lowest BCUT2D eigenvalue weighted by Crippen LogP contribution is -2.42. The number of phenols is 1. The summed E-state index contributed by atoms with van der Waals surface area (Å²) in [7, 11) is 0. The summed E-state index contributed by atoms with van der Waals surface area (Å²) in [5.41, 5.74) is 0. The van der Waals surface area contributed by atoms with Crippen LogP contribution in [0.2, 0.25) is 0 Å². The average molecular weight is 326 g/mol. The second kappa shape index (κ2) is 7.75. The molecule has 0 saturated carbocycles. The largest absolute Gasteiger partial charge is 0.504 e. The second-order valence-electron chi connectivity index (χ2n) is 5.14. The van der Waals surface area contributed by atoms with Crippen LogP contribution in [-0.2, 0) is 0 Å². The first-order valence-corrected chi connectivity index (χ1v) is 6.64. The molecule has 3 nitrogen and oxygen atoms in total. The molecule has 1 aromatic rings. The Morgan fingerprint density at radius 2 is 2.00 bits per heavy atom. The van der Waals surface area contributed by atoms with Crippen LogP contribution in [0.4, 0.5) is 13.2 Å². The number of phenolic OH excluding ortho intramolecular Hbond substituents is 1. The van der Waals surface area contributed by atoms with E-state index in [1.807, 2.05) is 0 Å². The zero-order valence-electron chi connectivity index (χ0n) is 11.5. The van der Waals surface area contributed by atoms with E-state index in [0.717, 1.165) is 12.8 Å². The van der Waals surface area contributed by atoms with Crippen LogP contribution in [0.1, 0.15) is 12.8 Å². The molecule has 120 valence electrons. The fourth-order valence-electron chi connectivity index (χ4n) is 2.47. The van der Waals surface area contributed by atoms with E-state index in [-0.39, 0.29) is 24.1 Å². The van der Waals surface area contributed by atoms with E-state index in [1.54, 1.807) is 18.2 Å². The van der Waals surface area contributed by atoms with Crippen molar-refractivity contribution in [3.63, 3.8) is 0 Å². The standard InChI is InChI=1S/C14H18F3NO2.ClH/c15-14(16,17)10-18-7-3-4-11(8-18)9-20-13-6-2-1-5-12(13)19;/h1-2,5-6,11,19H,3-4,7-10H2;1H/t11-;/m0./s1. The van der Waals surface area contributed by atoms with Crippen LogP contribution >= 0.6 is 12.4 Å². The minimum atomic E-state index is -4.15. The van der Waals surface area contributed by atoms with Gasteiger partial charge >= 0.3 is 6.18 Å². The molecule has 1 fully saturated rings. The molecule has 1 saturated heterocycles. The van der Waals surface area contributed by atoms with Gasteiger partial charge in [0.05, 0.1) is 13.2 Å². The molecular weight excluding hydrogens is 307 g/mol. The highest BCUT2D eigenvalue weighted by Crippen LogP contribution is 2.27. The Hall–Kier alpha value is -1.14. The lowest BCUT2D eigenvalue weighted by Gasteiger charge is -2.32. The lowest BCUT2D eigenvalue weighted by atomic mass is 9.99. The number of hydrogen-bond acceptors (Lipinski definition) is 3. The number of rotatable bonds is 4. The molecule has 7 heteroatoms. The number of alkyl halides is 3. The van der Waals surface area contributed by atoms with Crippen LogP contribution in [0.15, 0.2) is 24.3 Å². The molecule has 21 heavy (non-hydrogen) atoms. The normalized spacial score (nSPS) is 19.9. The van der Waals surface area contributed by atoms with Gasteiger partial charge in [-0.25, -0.2) is 0 Å². The number of ether oxygens (including phenoxy) is 1. The topological polar surface area (TPSA) is 32.7 Å². The van der Waals surface area contributed by atoms with Crippen LogP contribution in [-0.4, -0.2) is 42.4 Å². The van der Waals surface area contributed by atoms with Gasteiger partial charge < -0.3 is 9.84 Å². The highest BCUT2D eigenvalue weighted by Gasteiger charge is 2.33. The van der Waals surface area contributed by atoms with Crippen molar-refractivity contribution in [1.82, 2.24) is 4.90 Å². The number of likely N-dealkylation sites (tertiary alicyclic amines) is 1. The molecule has 1 atom stereocenters. The summed E-state index contributed by atoms with van der Waals surface area (Å²) in [6.45, 7) is 0.325. The molecule has 1 aromatic carbocycles. The Kier molecular flexibility index (Phi) is 6.61. The van der Waals surface area contributed by atoms with Gasteiger partial charge in [-0.15, -0.1) is 12.4 Å². The molecule has 1 aliphatic rings. The van der Waals surface area contributed by atoms with Crippen LogP contribution in [0.5, 0.6) is 11.5 Å². The average Bonchev–Trinajstić information content (AvgIpc) is 2.36. The molecule has 0 unspecified atom stereocenters. The predicted octanol–water partition coefficient (Wildman–Crippen LogP) is 3.47. The number of halogens is 4. The molecule has 0 aromatic heterocycles. The third-order valence-electron chi connectivity index (χ3n) is 3.35. The van der Waals surface area contributed by atoms with Crippen LogP contribution in [0, 0.1) is 5.92 Å². The van der Waals surface area contributed by atoms with Crippen LogP contribution in [0.3, 0.4) is 0 Å². The van der Waals surface area contributed by atoms with E-state index in [9.17, 15) is 18.3 Å². The summed E-state index contributed by atoms with van der Waals surface area (Å²) in [6.07, 6.45) is -2.56. The van der Waals surface area contributed by atoms with Crippen LogP contribution < -0.4 is 4.74 Å². The lowest BCUT2D eigenvalue weighted by molar-refractivity contribution is -0.149. The monoisotopic (exact) mass is 325 g/mol. The molecule has 0 bridgehead atoms. The zero-order valence-corrected chi connectivity index (χ0v) is 12.3. The molecule has 1 N–H and O–H groups in total. The molecular formula is C14H19ClF3NO2. The van der Waals surface area contributed by atoms with E-state index in [4.69, 9.17) is 4.74 Å². The summed E-state index contributed by atoms with van der Waals surface area (Å²) in [5.74, 6) is 0.488. The number of nitrogens with zero attached hydrogens (tertiary/aromatic N) is 1. The zero-order chi connectivity index (χ0) is 14.6. The first-order chi connectivity index (χ1) is 9.44. The predicted molar refractivity (Wildman–Crippen MR) is 76.1 cm³/mol. The van der Waals surface area contributed by atoms with E-state index in [0.29, 0.717) is 25.4 Å². The van der Waals surface area contributed by atoms with Gasteiger partial charge in [-0.2, -0.15) is 13.2 Å². The minimum absolute atomic E-state index is 0. The molecule has 0 aliphatic carbocycles. The first-order valence-electron chi connectivity index (χ1n) is 6.64. The SMILES string of the molecule is Cl.Oc1ccccc1OC[C@H]1CCCN(CC(F)(F)F)C1. The van der Waals surface area contributed by atoms with E-state index in [1.165, 1.54) is 11.0 Å². The number of aromatic hydroxyl groups is 1. The quantitative estimate of drug-likeness (QED) is 0.920. The Morgan fingerprint density at radius 3 is 2.67 bits per heavy atom. The summed E-state index contributed by atoms with van der Waals surface area (Å²) < 4.78 is 42.6. The highest BCUT2D eigenvalue weighted by molar-refractivity contribution is 5.85. The Morgan fingerprint density at radius 1 is 1.29 bits per heavy atom. The molecule has 1 aliphatic heterocycles. The summed E-state index contributed by atoms with van der Waals surface area (Å²) in [5, 5.41) is 9.56. The van der Waals surface area contributed by atoms with E-state index < -0.39 is 12.7 Å². The number of benzene rings is 1. The minimum Gasteiger partial charge on any atom is -0.504 e. The Bertz CT molecular complexity index is 442. The van der Waals surface area contributed by atoms with Gasteiger partial charge in [-0.05, 0) is 31.5 Å². The van der Waals surface area contributed by atoms with Crippen LogP contribution in [0.25, 0.3) is 0 Å². The van der Waals surface area contributed by atoms with Crippen molar-refractivity contribution in [2.24, 2.45) is 5.92 Å². The van der Waals surface area contributed by atoms with E-state index in [2.05, 4.69) is 0 Å². The summed E-state index contributed by atoms with van der Waals surface area (Å²) in [6, 6.07) is 6.59. The van der Waals surface area contributed by atoms with Crippen molar-refractivity contribution in [3.8, 4) is 11.5 Å². The fraction of sp³-hybridized carbons (Fsp3) is 0.571. The second-order valence-corrected chi connectivity index (χ2v) is 5.14. The van der Waals surface area contributed by atoms with Gasteiger partial charge in [0.25, 0.3) is 0 Å². The van der Waals surface area contributed by atoms with Gasteiger partial charge in [0, 0.05) is 12.5 Å². The van der Waals surface area contributed by atoms with E-state index >= 15 is 0 Å². The number of hydrogen-bond donors (Lipinski definition) is 1. The third kappa shape index (κ3) is 6.01. The van der Waals surface area contributed by atoms with Crippen molar-refractivity contribution < 1.29 is 23.0 Å². The molecule has 1 heterocycles. The number of para-hydroxylation sites is 2. The van der Waals surface area contributed by atoms with Crippen molar-refractivity contribution in [2.75, 3.05) is 26.2 Å². The maximum Gasteiger partial charge on any atom is 0.401 e. The van der Waals surface area contributed by atoms with Crippen molar-refractivity contribution in [3.05, 3.63) is 24.3 Å². The maximum atomic E-state index is 12.4. The van der Waals surface area contributed by atoms with Crippen molar-refractivity contribution in [1.29, 1.82) is 0 Å². The molecule has 0 amide bonds. The van der Waals surface area contributed by atoms with Gasteiger partial charge in [0.2, 0.25) is 0 Å².